The van der Waals surface area contributed by atoms with Crippen LogP contribution in [-0.2, 0) is 14.3 Å². The summed E-state index contributed by atoms with van der Waals surface area (Å²) in [6.07, 6.45) is 0.553. The predicted molar refractivity (Wildman–Crippen MR) is 94.1 cm³/mol. The molecule has 0 unspecified atom stereocenters. The normalized spacial score (nSPS) is 14.3. The lowest BCUT2D eigenvalue weighted by Gasteiger charge is -2.17. The molecule has 25 heavy (non-hydrogen) atoms. The lowest BCUT2D eigenvalue weighted by Crippen LogP contribution is -2.33. The summed E-state index contributed by atoms with van der Waals surface area (Å²) in [7, 11) is 0. The Morgan fingerprint density at radius 1 is 1.12 bits per heavy atom. The van der Waals surface area contributed by atoms with Crippen LogP contribution in [0.4, 0.5) is 5.69 Å². The zero-order valence-electron chi connectivity index (χ0n) is 14.8. The van der Waals surface area contributed by atoms with Crippen molar-refractivity contribution < 1.29 is 19.1 Å². The molecule has 136 valence electrons. The van der Waals surface area contributed by atoms with Crippen molar-refractivity contribution in [2.45, 2.75) is 26.7 Å². The highest BCUT2D eigenvalue weighted by atomic mass is 16.5. The number of rotatable bonds is 9. The van der Waals surface area contributed by atoms with Crippen molar-refractivity contribution in [1.82, 2.24) is 9.80 Å². The van der Waals surface area contributed by atoms with Gasteiger partial charge < -0.3 is 15.0 Å². The van der Waals surface area contributed by atoms with Crippen LogP contribution in [0.15, 0.2) is 24.3 Å². The summed E-state index contributed by atoms with van der Waals surface area (Å²) in [5.74, 6) is -0.680. The van der Waals surface area contributed by atoms with Gasteiger partial charge >= 0.3 is 5.97 Å². The number of carbonyl (C=O) groups excluding carboxylic acids is 3. The molecule has 2 rings (SSSR count). The molecule has 1 fully saturated rings. The van der Waals surface area contributed by atoms with Crippen LogP contribution in [0.1, 0.15) is 37.0 Å². The smallest absolute Gasteiger partial charge is 0.338 e. The molecule has 1 aliphatic rings. The van der Waals surface area contributed by atoms with Crippen molar-refractivity contribution in [2.24, 2.45) is 0 Å². The van der Waals surface area contributed by atoms with E-state index in [1.807, 2.05) is 0 Å². The summed E-state index contributed by atoms with van der Waals surface area (Å²) in [5.41, 5.74) is 1.20. The van der Waals surface area contributed by atoms with Crippen LogP contribution in [0.5, 0.6) is 0 Å². The molecular formula is C18H25N3O4. The number of hydrogen-bond acceptors (Lipinski definition) is 6. The maximum Gasteiger partial charge on any atom is 0.338 e. The SMILES string of the molecule is CCN(CC)CCOC(=O)c1ccc(NCN2C(=O)CCC2=O)cc1. The minimum Gasteiger partial charge on any atom is -0.461 e. The van der Waals surface area contributed by atoms with Crippen LogP contribution in [0.3, 0.4) is 0 Å². The van der Waals surface area contributed by atoms with Gasteiger partial charge in [-0.25, -0.2) is 4.79 Å². The van der Waals surface area contributed by atoms with Crippen molar-refractivity contribution >= 4 is 23.5 Å². The molecule has 0 aliphatic carbocycles. The zero-order chi connectivity index (χ0) is 18.2. The van der Waals surface area contributed by atoms with Crippen LogP contribution >= 0.6 is 0 Å². The Labute approximate surface area is 147 Å². The van der Waals surface area contributed by atoms with Gasteiger partial charge in [-0.15, -0.1) is 0 Å². The van der Waals surface area contributed by atoms with Gasteiger partial charge in [-0.05, 0) is 37.4 Å². The fourth-order valence-electron chi connectivity index (χ4n) is 2.58. The van der Waals surface area contributed by atoms with Crippen molar-refractivity contribution in [1.29, 1.82) is 0 Å². The van der Waals surface area contributed by atoms with Crippen LogP contribution in [0.2, 0.25) is 0 Å². The molecule has 7 nitrogen and oxygen atoms in total. The Kier molecular flexibility index (Phi) is 6.94. The standard InChI is InChI=1S/C18H25N3O4/c1-3-20(4-2)11-12-25-18(24)14-5-7-15(8-6-14)19-13-21-16(22)9-10-17(21)23/h5-8,19H,3-4,9-13H2,1-2H3. The molecule has 1 saturated heterocycles. The molecule has 1 aliphatic heterocycles. The molecule has 0 radical (unpaired) electrons. The van der Waals surface area contributed by atoms with E-state index in [1.54, 1.807) is 24.3 Å². The Bertz CT molecular complexity index is 595. The molecule has 7 heteroatoms. The second-order valence-corrected chi connectivity index (χ2v) is 5.79. The fraction of sp³-hybridized carbons (Fsp3) is 0.500. The number of esters is 1. The van der Waals surface area contributed by atoms with E-state index in [2.05, 4.69) is 24.1 Å². The van der Waals surface area contributed by atoms with Crippen molar-refractivity contribution in [2.75, 3.05) is 38.2 Å². The number of hydrogen-bond donors (Lipinski definition) is 1. The number of imide groups is 1. The monoisotopic (exact) mass is 347 g/mol. The molecule has 2 amide bonds. The third-order valence-electron chi connectivity index (χ3n) is 4.25. The average Bonchev–Trinajstić information content (AvgIpc) is 2.95. The fourth-order valence-corrected chi connectivity index (χ4v) is 2.58. The van der Waals surface area contributed by atoms with Crippen molar-refractivity contribution in [3.8, 4) is 0 Å². The molecule has 1 N–H and O–H groups in total. The topological polar surface area (TPSA) is 79.0 Å². The van der Waals surface area contributed by atoms with Gasteiger partial charge in [-0.1, -0.05) is 13.8 Å². The van der Waals surface area contributed by atoms with Crippen molar-refractivity contribution in [3.05, 3.63) is 29.8 Å². The Morgan fingerprint density at radius 3 is 2.28 bits per heavy atom. The number of carbonyl (C=O) groups is 3. The first-order valence-electron chi connectivity index (χ1n) is 8.61. The van der Waals surface area contributed by atoms with E-state index in [0.29, 0.717) is 12.2 Å². The van der Waals surface area contributed by atoms with Gasteiger partial charge in [-0.2, -0.15) is 0 Å². The van der Waals surface area contributed by atoms with Crippen LogP contribution < -0.4 is 5.32 Å². The molecule has 1 heterocycles. The second-order valence-electron chi connectivity index (χ2n) is 5.79. The predicted octanol–water partition coefficient (Wildman–Crippen LogP) is 1.70. The summed E-state index contributed by atoms with van der Waals surface area (Å²) in [5, 5.41) is 3.01. The summed E-state index contributed by atoms with van der Waals surface area (Å²) in [6.45, 7) is 7.22. The summed E-state index contributed by atoms with van der Waals surface area (Å²) >= 11 is 0. The van der Waals surface area contributed by atoms with E-state index < -0.39 is 0 Å². The van der Waals surface area contributed by atoms with Gasteiger partial charge in [0, 0.05) is 25.1 Å². The molecule has 1 aromatic rings. The summed E-state index contributed by atoms with van der Waals surface area (Å²) in [4.78, 5) is 38.5. The third kappa shape index (κ3) is 5.29. The first-order valence-corrected chi connectivity index (χ1v) is 8.61. The van der Waals surface area contributed by atoms with E-state index in [1.165, 1.54) is 4.90 Å². The molecule has 0 aromatic heterocycles. The van der Waals surface area contributed by atoms with Crippen LogP contribution in [-0.4, -0.2) is 60.5 Å². The largest absolute Gasteiger partial charge is 0.461 e. The lowest BCUT2D eigenvalue weighted by molar-refractivity contribution is -0.137. The van der Waals surface area contributed by atoms with E-state index in [4.69, 9.17) is 4.74 Å². The van der Waals surface area contributed by atoms with Gasteiger partial charge in [0.15, 0.2) is 0 Å². The molecule has 0 bridgehead atoms. The molecule has 0 spiro atoms. The lowest BCUT2D eigenvalue weighted by atomic mass is 10.2. The van der Waals surface area contributed by atoms with Gasteiger partial charge in [0.1, 0.15) is 6.61 Å². The van der Waals surface area contributed by atoms with Gasteiger partial charge in [0.05, 0.1) is 12.2 Å². The quantitative estimate of drug-likeness (QED) is 0.541. The van der Waals surface area contributed by atoms with Gasteiger partial charge in [0.2, 0.25) is 11.8 Å². The van der Waals surface area contributed by atoms with Gasteiger partial charge in [-0.3, -0.25) is 14.5 Å². The number of likely N-dealkylation sites (N-methyl/N-ethyl adjacent to an activating group) is 1. The first kappa shape index (κ1) is 18.9. The maximum atomic E-state index is 12.0. The molecule has 0 saturated carbocycles. The molecule has 1 aromatic carbocycles. The van der Waals surface area contributed by atoms with E-state index in [9.17, 15) is 14.4 Å². The molecular weight excluding hydrogens is 322 g/mol. The highest BCUT2D eigenvalue weighted by Crippen LogP contribution is 2.14. The minimum atomic E-state index is -0.358. The average molecular weight is 347 g/mol. The van der Waals surface area contributed by atoms with Crippen LogP contribution in [0.25, 0.3) is 0 Å². The number of amides is 2. The number of benzene rings is 1. The number of nitrogens with zero attached hydrogens (tertiary/aromatic N) is 2. The minimum absolute atomic E-state index is 0.144. The summed E-state index contributed by atoms with van der Waals surface area (Å²) in [6, 6.07) is 6.78. The van der Waals surface area contributed by atoms with E-state index >= 15 is 0 Å². The number of nitrogens with one attached hydrogen (secondary N) is 1. The highest BCUT2D eigenvalue weighted by Gasteiger charge is 2.28. The Morgan fingerprint density at radius 2 is 1.72 bits per heavy atom. The van der Waals surface area contributed by atoms with E-state index in [0.717, 1.165) is 25.3 Å². The molecule has 0 atom stereocenters. The number of likely N-dealkylation sites (tertiary alicyclic amines) is 1. The maximum absolute atomic E-state index is 12.0. The van der Waals surface area contributed by atoms with E-state index in [-0.39, 0.29) is 37.3 Å². The highest BCUT2D eigenvalue weighted by molar-refractivity contribution is 6.02. The zero-order valence-corrected chi connectivity index (χ0v) is 14.8. The summed E-state index contributed by atoms with van der Waals surface area (Å²) < 4.78 is 5.27. The van der Waals surface area contributed by atoms with Crippen molar-refractivity contribution in [3.63, 3.8) is 0 Å². The van der Waals surface area contributed by atoms with Crippen LogP contribution in [0, 0.1) is 0 Å². The Balaban J connectivity index is 1.79. The Hall–Kier alpha value is -2.41. The van der Waals surface area contributed by atoms with Gasteiger partial charge in [0.25, 0.3) is 0 Å². The number of anilines is 1. The first-order chi connectivity index (χ1) is 12.0. The third-order valence-corrected chi connectivity index (χ3v) is 4.25. The second kappa shape index (κ2) is 9.17. The number of ether oxygens (including phenoxy) is 1.